The molecule has 0 aliphatic heterocycles. The summed E-state index contributed by atoms with van der Waals surface area (Å²) in [5.74, 6) is 0.845. The van der Waals surface area contributed by atoms with Crippen molar-refractivity contribution >= 4 is 11.6 Å². The number of nitriles is 1. The Kier molecular flexibility index (Phi) is 3.48. The third-order valence-corrected chi connectivity index (χ3v) is 3.54. The van der Waals surface area contributed by atoms with E-state index in [0.29, 0.717) is 16.6 Å². The summed E-state index contributed by atoms with van der Waals surface area (Å²) >= 11 is 6.09. The minimum atomic E-state index is 0.617. The lowest BCUT2D eigenvalue weighted by Gasteiger charge is -2.06. The van der Waals surface area contributed by atoms with Crippen LogP contribution >= 0.6 is 11.6 Å². The Bertz CT molecular complexity index is 422. The quantitative estimate of drug-likeness (QED) is 0.869. The van der Waals surface area contributed by atoms with Crippen LogP contribution in [0.15, 0.2) is 18.2 Å². The first-order chi connectivity index (χ1) is 7.74. The van der Waals surface area contributed by atoms with Crippen molar-refractivity contribution in [3.63, 3.8) is 0 Å². The maximum Gasteiger partial charge on any atom is 0.0992 e. The van der Waals surface area contributed by atoms with E-state index in [4.69, 9.17) is 16.9 Å². The average molecular weight is 235 g/mol. The third kappa shape index (κ3) is 2.55. The number of halogens is 1. The molecule has 1 aromatic carbocycles. The molecule has 0 radical (unpaired) electrons. The number of hydrogen-bond acceptors (Lipinski definition) is 2. The first kappa shape index (κ1) is 11.4. The topological polar surface area (TPSA) is 35.8 Å². The first-order valence-electron chi connectivity index (χ1n) is 5.66. The van der Waals surface area contributed by atoms with Gasteiger partial charge in [0.25, 0.3) is 0 Å². The van der Waals surface area contributed by atoms with Crippen molar-refractivity contribution in [3.8, 4) is 6.07 Å². The molecule has 2 nitrogen and oxygen atoms in total. The van der Waals surface area contributed by atoms with E-state index in [1.807, 2.05) is 12.1 Å². The van der Waals surface area contributed by atoms with E-state index < -0.39 is 0 Å². The van der Waals surface area contributed by atoms with Gasteiger partial charge in [-0.15, -0.1) is 0 Å². The largest absolute Gasteiger partial charge is 0.310 e. The van der Waals surface area contributed by atoms with Crippen LogP contribution in [0.5, 0.6) is 0 Å². The predicted molar refractivity (Wildman–Crippen MR) is 65.2 cm³/mol. The summed E-state index contributed by atoms with van der Waals surface area (Å²) in [6, 6.07) is 8.21. The lowest BCUT2D eigenvalue weighted by molar-refractivity contribution is 0.623. The summed E-state index contributed by atoms with van der Waals surface area (Å²) in [6.07, 6.45) is 2.53. The Balaban J connectivity index is 1.93. The van der Waals surface area contributed by atoms with Crippen LogP contribution < -0.4 is 5.32 Å². The fraction of sp³-hybridized carbons (Fsp3) is 0.462. The van der Waals surface area contributed by atoms with Crippen LogP contribution in [0.2, 0.25) is 5.02 Å². The molecule has 84 valence electrons. The van der Waals surface area contributed by atoms with Gasteiger partial charge in [0.15, 0.2) is 0 Å². The van der Waals surface area contributed by atoms with Gasteiger partial charge < -0.3 is 5.32 Å². The molecule has 1 aliphatic rings. The van der Waals surface area contributed by atoms with Crippen molar-refractivity contribution in [2.75, 3.05) is 0 Å². The zero-order chi connectivity index (χ0) is 11.5. The Morgan fingerprint density at radius 1 is 1.56 bits per heavy atom. The summed E-state index contributed by atoms with van der Waals surface area (Å²) in [5, 5.41) is 12.9. The number of benzene rings is 1. The van der Waals surface area contributed by atoms with Gasteiger partial charge >= 0.3 is 0 Å². The van der Waals surface area contributed by atoms with Crippen molar-refractivity contribution < 1.29 is 0 Å². The van der Waals surface area contributed by atoms with Crippen LogP contribution in [0, 0.1) is 17.2 Å². The molecule has 1 fully saturated rings. The number of hydrogen-bond donors (Lipinski definition) is 1. The molecule has 1 saturated carbocycles. The molecule has 2 unspecified atom stereocenters. The van der Waals surface area contributed by atoms with Gasteiger partial charge in [-0.1, -0.05) is 31.0 Å². The van der Waals surface area contributed by atoms with Crippen molar-refractivity contribution in [1.29, 1.82) is 5.26 Å². The highest BCUT2D eigenvalue weighted by atomic mass is 35.5. The lowest BCUT2D eigenvalue weighted by Crippen LogP contribution is -2.17. The van der Waals surface area contributed by atoms with Crippen LogP contribution in [0.4, 0.5) is 0 Å². The minimum absolute atomic E-state index is 0.617. The zero-order valence-electron chi connectivity index (χ0n) is 9.33. The SMILES string of the molecule is CCC1CC1NCc1ccc(C#N)cc1Cl. The van der Waals surface area contributed by atoms with E-state index in [1.165, 1.54) is 12.8 Å². The van der Waals surface area contributed by atoms with E-state index in [2.05, 4.69) is 18.3 Å². The fourth-order valence-corrected chi connectivity index (χ4v) is 2.20. The van der Waals surface area contributed by atoms with E-state index in [0.717, 1.165) is 18.0 Å². The van der Waals surface area contributed by atoms with E-state index in [-0.39, 0.29) is 0 Å². The highest BCUT2D eigenvalue weighted by Gasteiger charge is 2.34. The standard InChI is InChI=1S/C13H15ClN2/c1-2-10-6-13(10)16-8-11-4-3-9(7-15)5-12(11)14/h3-5,10,13,16H,2,6,8H2,1H3. The molecule has 1 aromatic rings. The van der Waals surface area contributed by atoms with Gasteiger partial charge in [0.1, 0.15) is 0 Å². The highest BCUT2D eigenvalue weighted by molar-refractivity contribution is 6.31. The van der Waals surface area contributed by atoms with E-state index in [1.54, 1.807) is 6.07 Å². The maximum absolute atomic E-state index is 8.72. The normalized spacial score (nSPS) is 22.8. The first-order valence-corrected chi connectivity index (χ1v) is 6.04. The fourth-order valence-electron chi connectivity index (χ4n) is 1.95. The summed E-state index contributed by atoms with van der Waals surface area (Å²) in [5.41, 5.74) is 1.69. The summed E-state index contributed by atoms with van der Waals surface area (Å²) in [6.45, 7) is 3.02. The molecule has 0 aromatic heterocycles. The molecule has 16 heavy (non-hydrogen) atoms. The Morgan fingerprint density at radius 2 is 2.38 bits per heavy atom. The van der Waals surface area contributed by atoms with Gasteiger partial charge in [-0.05, 0) is 30.0 Å². The van der Waals surface area contributed by atoms with Crippen molar-refractivity contribution in [2.45, 2.75) is 32.4 Å². The second-order valence-corrected chi connectivity index (χ2v) is 4.72. The molecule has 3 heteroatoms. The van der Waals surface area contributed by atoms with Gasteiger partial charge in [-0.3, -0.25) is 0 Å². The van der Waals surface area contributed by atoms with Crippen molar-refractivity contribution in [2.24, 2.45) is 5.92 Å². The Labute approximate surface area is 101 Å². The number of nitrogens with zero attached hydrogens (tertiary/aromatic N) is 1. The molecule has 0 spiro atoms. The molecule has 0 heterocycles. The van der Waals surface area contributed by atoms with E-state index >= 15 is 0 Å². The predicted octanol–water partition coefficient (Wildman–Crippen LogP) is 3.10. The Hall–Kier alpha value is -1.04. The molecule has 1 N–H and O–H groups in total. The maximum atomic E-state index is 8.72. The van der Waals surface area contributed by atoms with Crippen molar-refractivity contribution in [1.82, 2.24) is 5.32 Å². The van der Waals surface area contributed by atoms with Crippen LogP contribution in [0.3, 0.4) is 0 Å². The second-order valence-electron chi connectivity index (χ2n) is 4.31. The number of rotatable bonds is 4. The summed E-state index contributed by atoms with van der Waals surface area (Å²) in [4.78, 5) is 0. The van der Waals surface area contributed by atoms with Gasteiger partial charge in [-0.2, -0.15) is 5.26 Å². The summed E-state index contributed by atoms with van der Waals surface area (Å²) in [7, 11) is 0. The molecular weight excluding hydrogens is 220 g/mol. The van der Waals surface area contributed by atoms with Crippen LogP contribution in [-0.4, -0.2) is 6.04 Å². The minimum Gasteiger partial charge on any atom is -0.310 e. The smallest absolute Gasteiger partial charge is 0.0992 e. The molecule has 0 amide bonds. The summed E-state index contributed by atoms with van der Waals surface area (Å²) < 4.78 is 0. The Morgan fingerprint density at radius 3 is 2.94 bits per heavy atom. The highest BCUT2D eigenvalue weighted by Crippen LogP contribution is 2.33. The van der Waals surface area contributed by atoms with E-state index in [9.17, 15) is 0 Å². The molecule has 0 saturated heterocycles. The second kappa shape index (κ2) is 4.86. The van der Waals surface area contributed by atoms with Crippen LogP contribution in [0.1, 0.15) is 30.9 Å². The molecule has 0 bridgehead atoms. The molecule has 2 atom stereocenters. The van der Waals surface area contributed by atoms with Gasteiger partial charge in [-0.25, -0.2) is 0 Å². The van der Waals surface area contributed by atoms with Gasteiger partial charge in [0.05, 0.1) is 11.6 Å². The van der Waals surface area contributed by atoms with Gasteiger partial charge in [0.2, 0.25) is 0 Å². The molecular formula is C13H15ClN2. The lowest BCUT2D eigenvalue weighted by atomic mass is 10.1. The molecule has 1 aliphatic carbocycles. The zero-order valence-corrected chi connectivity index (χ0v) is 10.1. The van der Waals surface area contributed by atoms with Crippen molar-refractivity contribution in [3.05, 3.63) is 34.3 Å². The average Bonchev–Trinajstić information content (AvgIpc) is 3.06. The van der Waals surface area contributed by atoms with Crippen LogP contribution in [0.25, 0.3) is 0 Å². The number of nitrogens with one attached hydrogen (secondary N) is 1. The third-order valence-electron chi connectivity index (χ3n) is 3.18. The monoisotopic (exact) mass is 234 g/mol. The van der Waals surface area contributed by atoms with Gasteiger partial charge in [0, 0.05) is 17.6 Å². The van der Waals surface area contributed by atoms with Crippen LogP contribution in [-0.2, 0) is 6.54 Å². The molecule has 2 rings (SSSR count).